The van der Waals surface area contributed by atoms with E-state index in [4.69, 9.17) is 23.2 Å². The number of ether oxygens (including phenoxy) is 1. The van der Waals surface area contributed by atoms with E-state index < -0.39 is 23.7 Å². The minimum atomic E-state index is -5.27. The Morgan fingerprint density at radius 3 is 2.24 bits per heavy atom. The largest absolute Gasteiger partial charge is 0.463 e. The number of carbonyl (C=O) groups excluding carboxylic acids is 2. The van der Waals surface area contributed by atoms with Gasteiger partial charge in [-0.25, -0.2) is 4.79 Å². The van der Waals surface area contributed by atoms with Crippen LogP contribution in [0.1, 0.15) is 22.8 Å². The van der Waals surface area contributed by atoms with Crippen LogP contribution in [0.25, 0.3) is 0 Å². The number of hydrogen-bond donors (Lipinski definition) is 2. The van der Waals surface area contributed by atoms with E-state index in [-0.39, 0.29) is 33.5 Å². The summed E-state index contributed by atoms with van der Waals surface area (Å²) in [5.74, 6) is -2.94. The highest BCUT2D eigenvalue weighted by Crippen LogP contribution is 2.35. The predicted octanol–water partition coefficient (Wildman–Crippen LogP) is 4.97. The van der Waals surface area contributed by atoms with E-state index in [0.29, 0.717) is 0 Å². The van der Waals surface area contributed by atoms with E-state index in [1.165, 1.54) is 56.3 Å². The summed E-state index contributed by atoms with van der Waals surface area (Å²) < 4.78 is 47.2. The number of rotatable bonds is 6. The summed E-state index contributed by atoms with van der Waals surface area (Å²) in [5, 5.41) is 3.91. The van der Waals surface area contributed by atoms with Crippen LogP contribution in [0.4, 0.5) is 18.9 Å². The first-order valence-electron chi connectivity index (χ1n) is 8.37. The molecule has 29 heavy (non-hydrogen) atoms. The van der Waals surface area contributed by atoms with Gasteiger partial charge in [0.05, 0.1) is 17.2 Å². The molecule has 0 spiro atoms. The van der Waals surface area contributed by atoms with Gasteiger partial charge in [0.1, 0.15) is 0 Å². The van der Waals surface area contributed by atoms with Gasteiger partial charge in [-0.05, 0) is 43.7 Å². The molecular formula is C19H17Cl2F3N2O3. The van der Waals surface area contributed by atoms with Gasteiger partial charge in [-0.15, -0.1) is 0 Å². The van der Waals surface area contributed by atoms with Crippen molar-refractivity contribution in [3.63, 3.8) is 0 Å². The normalized spacial score (nSPS) is 13.3. The van der Waals surface area contributed by atoms with E-state index >= 15 is 0 Å². The molecule has 1 atom stereocenters. The van der Waals surface area contributed by atoms with E-state index in [0.717, 1.165) is 0 Å². The van der Waals surface area contributed by atoms with Gasteiger partial charge in [0.15, 0.2) is 0 Å². The summed E-state index contributed by atoms with van der Waals surface area (Å²) in [6, 6.07) is 9.68. The predicted molar refractivity (Wildman–Crippen MR) is 104 cm³/mol. The average molecular weight is 449 g/mol. The third-order valence-corrected chi connectivity index (χ3v) is 4.76. The quantitative estimate of drug-likeness (QED) is 0.483. The molecule has 0 bridgehead atoms. The first-order chi connectivity index (χ1) is 13.5. The van der Waals surface area contributed by atoms with Crippen LogP contribution in [-0.2, 0) is 9.53 Å². The summed E-state index contributed by atoms with van der Waals surface area (Å²) in [6.45, 7) is 2.47. The summed E-state index contributed by atoms with van der Waals surface area (Å²) in [7, 11) is 0. The molecule has 1 amide bonds. The number of benzene rings is 2. The molecule has 0 saturated heterocycles. The zero-order valence-electron chi connectivity index (χ0n) is 15.4. The van der Waals surface area contributed by atoms with Gasteiger partial charge < -0.3 is 15.4 Å². The van der Waals surface area contributed by atoms with Crippen molar-refractivity contribution in [3.8, 4) is 0 Å². The summed E-state index contributed by atoms with van der Waals surface area (Å²) in [4.78, 5) is 25.1. The number of amides is 1. The highest BCUT2D eigenvalue weighted by atomic mass is 35.5. The second kappa shape index (κ2) is 8.92. The first-order valence-corrected chi connectivity index (χ1v) is 9.13. The Kier molecular flexibility index (Phi) is 7.02. The number of halogens is 5. The Morgan fingerprint density at radius 1 is 1.03 bits per heavy atom. The smallest absolute Gasteiger partial charge is 0.441 e. The molecule has 0 radical (unpaired) electrons. The molecular weight excluding hydrogens is 432 g/mol. The monoisotopic (exact) mass is 448 g/mol. The molecule has 0 heterocycles. The number of nitrogens with one attached hydrogen (secondary N) is 2. The first kappa shape index (κ1) is 22.8. The molecule has 0 aliphatic heterocycles. The topological polar surface area (TPSA) is 67.4 Å². The molecule has 10 heteroatoms. The Hall–Kier alpha value is -2.45. The molecule has 0 aromatic heterocycles. The maximum atomic E-state index is 14.2. The van der Waals surface area contributed by atoms with Crippen LogP contribution in [0, 0.1) is 6.92 Å². The fourth-order valence-electron chi connectivity index (χ4n) is 2.46. The number of esters is 1. The highest BCUT2D eigenvalue weighted by Gasteiger charge is 2.63. The number of anilines is 1. The van der Waals surface area contributed by atoms with E-state index in [1.54, 1.807) is 5.32 Å². The number of hydrogen-bond acceptors (Lipinski definition) is 4. The van der Waals surface area contributed by atoms with Crippen molar-refractivity contribution in [2.24, 2.45) is 0 Å². The van der Waals surface area contributed by atoms with Gasteiger partial charge in [0.2, 0.25) is 0 Å². The SMILES string of the molecule is CCOC(=O)C(NC(=O)c1ccccc1Cl)(Nc1cccc(Cl)c1C)C(F)(F)F. The maximum Gasteiger partial charge on any atom is 0.441 e. The van der Waals surface area contributed by atoms with Crippen molar-refractivity contribution < 1.29 is 27.5 Å². The molecule has 2 N–H and O–H groups in total. The molecule has 0 aliphatic rings. The molecule has 0 aliphatic carbocycles. The van der Waals surface area contributed by atoms with Crippen LogP contribution in [-0.4, -0.2) is 30.3 Å². The van der Waals surface area contributed by atoms with Crippen LogP contribution >= 0.6 is 23.2 Å². The van der Waals surface area contributed by atoms with Gasteiger partial charge in [-0.1, -0.05) is 41.4 Å². The molecule has 156 valence electrons. The third kappa shape index (κ3) is 4.76. The van der Waals surface area contributed by atoms with Crippen molar-refractivity contribution in [2.45, 2.75) is 25.7 Å². The molecule has 2 rings (SSSR count). The van der Waals surface area contributed by atoms with Crippen LogP contribution in [0.5, 0.6) is 0 Å². The van der Waals surface area contributed by atoms with Crippen molar-refractivity contribution in [3.05, 3.63) is 63.6 Å². The van der Waals surface area contributed by atoms with Crippen LogP contribution in [0.3, 0.4) is 0 Å². The average Bonchev–Trinajstić information content (AvgIpc) is 2.64. The minimum Gasteiger partial charge on any atom is -0.463 e. The zero-order chi connectivity index (χ0) is 21.8. The fraction of sp³-hybridized carbons (Fsp3) is 0.263. The molecule has 0 fully saturated rings. The van der Waals surface area contributed by atoms with Gasteiger partial charge >= 0.3 is 17.8 Å². The van der Waals surface area contributed by atoms with Gasteiger partial charge in [0, 0.05) is 10.7 Å². The number of carbonyl (C=O) groups is 2. The van der Waals surface area contributed by atoms with Crippen LogP contribution in [0.2, 0.25) is 10.0 Å². The molecule has 2 aromatic rings. The van der Waals surface area contributed by atoms with Gasteiger partial charge in [-0.2, -0.15) is 13.2 Å². The zero-order valence-corrected chi connectivity index (χ0v) is 16.9. The fourth-order valence-corrected chi connectivity index (χ4v) is 2.85. The van der Waals surface area contributed by atoms with Gasteiger partial charge in [0.25, 0.3) is 5.91 Å². The summed E-state index contributed by atoms with van der Waals surface area (Å²) in [5.41, 5.74) is -3.67. The second-order valence-electron chi connectivity index (χ2n) is 5.94. The van der Waals surface area contributed by atoms with E-state index in [9.17, 15) is 22.8 Å². The molecule has 5 nitrogen and oxygen atoms in total. The Labute approximate surface area is 175 Å². The number of alkyl halides is 3. The van der Waals surface area contributed by atoms with E-state index in [1.807, 2.05) is 0 Å². The standard InChI is InChI=1S/C19H17Cl2F3N2O3/c1-3-29-17(28)18(19(22,23)24,25-15-10-6-9-13(20)11(15)2)26-16(27)12-7-4-5-8-14(12)21/h4-10,25H,3H2,1-2H3,(H,26,27). The lowest BCUT2D eigenvalue weighted by Crippen LogP contribution is -2.69. The van der Waals surface area contributed by atoms with Gasteiger partial charge in [-0.3, -0.25) is 4.79 Å². The summed E-state index contributed by atoms with van der Waals surface area (Å²) >= 11 is 11.9. The Bertz CT molecular complexity index is 922. The molecule has 1 unspecified atom stereocenters. The summed E-state index contributed by atoms with van der Waals surface area (Å²) in [6.07, 6.45) is -5.27. The van der Waals surface area contributed by atoms with Crippen LogP contribution < -0.4 is 10.6 Å². The minimum absolute atomic E-state index is 0.0798. The van der Waals surface area contributed by atoms with Crippen molar-refractivity contribution >= 4 is 40.8 Å². The lowest BCUT2D eigenvalue weighted by molar-refractivity contribution is -0.204. The van der Waals surface area contributed by atoms with Crippen LogP contribution in [0.15, 0.2) is 42.5 Å². The molecule has 0 saturated carbocycles. The van der Waals surface area contributed by atoms with E-state index in [2.05, 4.69) is 10.1 Å². The highest BCUT2D eigenvalue weighted by molar-refractivity contribution is 6.34. The second-order valence-corrected chi connectivity index (χ2v) is 6.75. The lowest BCUT2D eigenvalue weighted by atomic mass is 10.1. The Balaban J connectivity index is 2.59. The maximum absolute atomic E-state index is 14.2. The van der Waals surface area contributed by atoms with Crippen molar-refractivity contribution in [1.82, 2.24) is 5.32 Å². The molecule has 2 aromatic carbocycles. The Morgan fingerprint density at radius 2 is 1.66 bits per heavy atom. The third-order valence-electron chi connectivity index (χ3n) is 4.02. The van der Waals surface area contributed by atoms with Crippen molar-refractivity contribution in [2.75, 3.05) is 11.9 Å². The lowest BCUT2D eigenvalue weighted by Gasteiger charge is -2.36. The van der Waals surface area contributed by atoms with Crippen molar-refractivity contribution in [1.29, 1.82) is 0 Å².